The summed E-state index contributed by atoms with van der Waals surface area (Å²) in [6.07, 6.45) is 3.94. The van der Waals surface area contributed by atoms with Gasteiger partial charge in [-0.2, -0.15) is 4.37 Å². The van der Waals surface area contributed by atoms with Crippen LogP contribution in [0, 0.1) is 0 Å². The monoisotopic (exact) mass is 266 g/mol. The van der Waals surface area contributed by atoms with E-state index in [2.05, 4.69) is 27.5 Å². The van der Waals surface area contributed by atoms with Crippen molar-refractivity contribution in [3.63, 3.8) is 0 Å². The van der Waals surface area contributed by atoms with Crippen LogP contribution in [-0.2, 0) is 0 Å². The lowest BCUT2D eigenvalue weighted by atomic mass is 9.91. The van der Waals surface area contributed by atoms with Crippen LogP contribution < -0.4 is 4.90 Å². The van der Waals surface area contributed by atoms with Crippen molar-refractivity contribution in [3.8, 4) is 0 Å². The lowest BCUT2D eigenvalue weighted by molar-refractivity contribution is 0.392. The third kappa shape index (κ3) is 2.02. The van der Waals surface area contributed by atoms with Crippen LogP contribution in [0.15, 0.2) is 24.3 Å². The van der Waals surface area contributed by atoms with Crippen molar-refractivity contribution in [2.75, 3.05) is 17.3 Å². The van der Waals surface area contributed by atoms with Gasteiger partial charge in [0.1, 0.15) is 5.00 Å². The fourth-order valence-electron chi connectivity index (χ4n) is 2.32. The minimum absolute atomic E-state index is 0.678. The quantitative estimate of drug-likeness (QED) is 0.781. The Hall–Kier alpha value is -0.800. The zero-order valence-electron chi connectivity index (χ0n) is 9.60. The second-order valence-corrected chi connectivity index (χ2v) is 5.60. The third-order valence-corrected chi connectivity index (χ3v) is 4.55. The molecular weight excluding hydrogens is 252 g/mol. The number of fused-ring (bicyclic) bond motifs is 1. The highest BCUT2D eigenvalue weighted by atomic mass is 35.5. The van der Waals surface area contributed by atoms with Crippen LogP contribution in [0.3, 0.4) is 0 Å². The van der Waals surface area contributed by atoms with Crippen LogP contribution in [-0.4, -0.2) is 22.8 Å². The second kappa shape index (κ2) is 4.83. The van der Waals surface area contributed by atoms with Crippen LogP contribution in [0.5, 0.6) is 0 Å². The van der Waals surface area contributed by atoms with Gasteiger partial charge in [-0.3, -0.25) is 0 Å². The summed E-state index contributed by atoms with van der Waals surface area (Å²) in [6, 6.07) is 9.04. The van der Waals surface area contributed by atoms with E-state index in [1.165, 1.54) is 29.6 Å². The number of nitrogens with zero attached hydrogens (tertiary/aromatic N) is 2. The van der Waals surface area contributed by atoms with Crippen molar-refractivity contribution in [1.29, 1.82) is 0 Å². The van der Waals surface area contributed by atoms with E-state index < -0.39 is 0 Å². The smallest absolute Gasteiger partial charge is 0.120 e. The van der Waals surface area contributed by atoms with E-state index in [0.29, 0.717) is 11.9 Å². The first kappa shape index (κ1) is 11.3. The van der Waals surface area contributed by atoms with Crippen molar-refractivity contribution in [2.45, 2.75) is 25.3 Å². The average molecular weight is 267 g/mol. The maximum atomic E-state index is 5.93. The van der Waals surface area contributed by atoms with Gasteiger partial charge in [0, 0.05) is 23.9 Å². The van der Waals surface area contributed by atoms with Crippen LogP contribution >= 0.6 is 23.1 Å². The van der Waals surface area contributed by atoms with Crippen LogP contribution in [0.25, 0.3) is 10.9 Å². The largest absolute Gasteiger partial charge is 0.358 e. The minimum atomic E-state index is 0.678. The highest BCUT2D eigenvalue weighted by Crippen LogP contribution is 2.36. The molecule has 1 fully saturated rings. The molecule has 4 heteroatoms. The predicted octanol–water partition coefficient (Wildman–Crippen LogP) is 3.89. The van der Waals surface area contributed by atoms with E-state index in [9.17, 15) is 0 Å². The molecule has 0 amide bonds. The fourth-order valence-corrected chi connectivity index (χ4v) is 3.46. The molecule has 1 saturated carbocycles. The summed E-state index contributed by atoms with van der Waals surface area (Å²) in [4.78, 5) is 2.45. The summed E-state index contributed by atoms with van der Waals surface area (Å²) in [7, 11) is 0. The normalized spacial score (nSPS) is 16.1. The van der Waals surface area contributed by atoms with Gasteiger partial charge in [-0.1, -0.05) is 12.1 Å². The number of rotatable bonds is 4. The molecule has 2 nitrogen and oxygen atoms in total. The highest BCUT2D eigenvalue weighted by Gasteiger charge is 2.27. The van der Waals surface area contributed by atoms with Gasteiger partial charge in [0.2, 0.25) is 0 Å². The predicted molar refractivity (Wildman–Crippen MR) is 75.3 cm³/mol. The summed E-state index contributed by atoms with van der Waals surface area (Å²) in [6.45, 7) is 0.929. The molecule has 3 rings (SSSR count). The molecule has 0 spiro atoms. The van der Waals surface area contributed by atoms with E-state index in [-0.39, 0.29) is 0 Å². The maximum absolute atomic E-state index is 5.93. The molecule has 2 aromatic rings. The summed E-state index contributed by atoms with van der Waals surface area (Å²) in [5.74, 6) is 0.683. The van der Waals surface area contributed by atoms with E-state index in [1.807, 2.05) is 6.07 Å². The Labute approximate surface area is 110 Å². The molecule has 0 unspecified atom stereocenters. The summed E-state index contributed by atoms with van der Waals surface area (Å²) in [5, 5.41) is 2.57. The molecule has 0 N–H and O–H groups in total. The van der Waals surface area contributed by atoms with Gasteiger partial charge < -0.3 is 4.90 Å². The van der Waals surface area contributed by atoms with Gasteiger partial charge in [0.05, 0.1) is 5.52 Å². The number of halogens is 1. The molecule has 0 aliphatic heterocycles. The van der Waals surface area contributed by atoms with Crippen molar-refractivity contribution in [3.05, 3.63) is 24.3 Å². The number of aromatic nitrogens is 1. The summed E-state index contributed by atoms with van der Waals surface area (Å²) < 4.78 is 4.52. The van der Waals surface area contributed by atoms with Crippen molar-refractivity contribution >= 4 is 39.0 Å². The lowest BCUT2D eigenvalue weighted by Crippen LogP contribution is -2.41. The molecule has 90 valence electrons. The number of anilines is 1. The Kier molecular flexibility index (Phi) is 3.21. The summed E-state index contributed by atoms with van der Waals surface area (Å²) in [5.41, 5.74) is 1.10. The Morgan fingerprint density at radius 3 is 2.88 bits per heavy atom. The van der Waals surface area contributed by atoms with Gasteiger partial charge in [-0.05, 0) is 42.9 Å². The number of alkyl halides is 1. The van der Waals surface area contributed by atoms with Crippen LogP contribution in [0.2, 0.25) is 0 Å². The minimum Gasteiger partial charge on any atom is -0.358 e. The SMILES string of the molecule is ClCCN(c1snc2ccccc12)C1CCC1. The van der Waals surface area contributed by atoms with Crippen molar-refractivity contribution < 1.29 is 0 Å². The van der Waals surface area contributed by atoms with Gasteiger partial charge in [-0.15, -0.1) is 11.6 Å². The third-order valence-electron chi connectivity index (χ3n) is 3.47. The lowest BCUT2D eigenvalue weighted by Gasteiger charge is -2.38. The Balaban J connectivity index is 1.99. The van der Waals surface area contributed by atoms with E-state index in [4.69, 9.17) is 11.6 Å². The Morgan fingerprint density at radius 1 is 1.35 bits per heavy atom. The Morgan fingerprint density at radius 2 is 2.18 bits per heavy atom. The standard InChI is InChI=1S/C13H15ClN2S/c14-8-9-16(10-4-3-5-10)13-11-6-1-2-7-12(11)15-17-13/h1-2,6-7,10H,3-5,8-9H2. The fraction of sp³-hybridized carbons (Fsp3) is 0.462. The first-order valence-electron chi connectivity index (χ1n) is 6.07. The molecule has 1 aliphatic rings. The number of hydrogen-bond donors (Lipinski definition) is 0. The summed E-state index contributed by atoms with van der Waals surface area (Å²) >= 11 is 7.54. The van der Waals surface area contributed by atoms with Gasteiger partial charge in [0.25, 0.3) is 0 Å². The molecule has 1 aliphatic carbocycles. The Bertz CT molecular complexity index is 507. The number of benzene rings is 1. The van der Waals surface area contributed by atoms with Crippen LogP contribution in [0.1, 0.15) is 19.3 Å². The highest BCUT2D eigenvalue weighted by molar-refractivity contribution is 7.11. The number of hydrogen-bond acceptors (Lipinski definition) is 3. The zero-order chi connectivity index (χ0) is 11.7. The molecule has 0 bridgehead atoms. The van der Waals surface area contributed by atoms with Gasteiger partial charge >= 0.3 is 0 Å². The molecule has 1 aromatic carbocycles. The molecule has 0 saturated heterocycles. The van der Waals surface area contributed by atoms with Crippen molar-refractivity contribution in [2.24, 2.45) is 0 Å². The van der Waals surface area contributed by atoms with Crippen molar-refractivity contribution in [1.82, 2.24) is 4.37 Å². The van der Waals surface area contributed by atoms with Crippen LogP contribution in [0.4, 0.5) is 5.00 Å². The first-order valence-corrected chi connectivity index (χ1v) is 7.38. The molecule has 0 atom stereocenters. The molecule has 1 aromatic heterocycles. The molecular formula is C13H15ClN2S. The van der Waals surface area contributed by atoms with E-state index in [0.717, 1.165) is 12.1 Å². The second-order valence-electron chi connectivity index (χ2n) is 4.47. The molecule has 17 heavy (non-hydrogen) atoms. The maximum Gasteiger partial charge on any atom is 0.120 e. The zero-order valence-corrected chi connectivity index (χ0v) is 11.2. The van der Waals surface area contributed by atoms with E-state index >= 15 is 0 Å². The van der Waals surface area contributed by atoms with Gasteiger partial charge in [0.15, 0.2) is 0 Å². The first-order chi connectivity index (χ1) is 8.40. The molecule has 1 heterocycles. The topological polar surface area (TPSA) is 16.1 Å². The van der Waals surface area contributed by atoms with E-state index in [1.54, 1.807) is 11.5 Å². The average Bonchev–Trinajstić information content (AvgIpc) is 2.69. The molecule has 0 radical (unpaired) electrons. The van der Waals surface area contributed by atoms with Gasteiger partial charge in [-0.25, -0.2) is 0 Å².